The van der Waals surface area contributed by atoms with Crippen molar-refractivity contribution >= 4 is 33.2 Å². The first-order valence-corrected chi connectivity index (χ1v) is 9.09. The summed E-state index contributed by atoms with van der Waals surface area (Å²) in [6.45, 7) is 2.05. The van der Waals surface area contributed by atoms with Gasteiger partial charge in [0.05, 0.1) is 5.54 Å². The van der Waals surface area contributed by atoms with E-state index in [0.29, 0.717) is 11.8 Å². The Morgan fingerprint density at radius 1 is 1.24 bits per heavy atom. The molecule has 1 aromatic carbocycles. The lowest BCUT2D eigenvalue weighted by Gasteiger charge is -2.29. The first-order valence-electron chi connectivity index (χ1n) is 7.09. The minimum Gasteiger partial charge on any atom is -0.346 e. The third kappa shape index (κ3) is 4.68. The highest BCUT2D eigenvalue weighted by Gasteiger charge is 2.26. The fourth-order valence-electron chi connectivity index (χ4n) is 2.24. The van der Waals surface area contributed by atoms with Gasteiger partial charge in [-0.25, -0.2) is 0 Å². The lowest BCUT2D eigenvalue weighted by atomic mass is 9.94. The van der Waals surface area contributed by atoms with Crippen LogP contribution in [0.3, 0.4) is 0 Å². The van der Waals surface area contributed by atoms with Crippen molar-refractivity contribution in [2.24, 2.45) is 0 Å². The molecule has 0 saturated heterocycles. The van der Waals surface area contributed by atoms with Crippen molar-refractivity contribution in [3.63, 3.8) is 0 Å². The number of hydrogen-bond donors (Lipinski definition) is 1. The number of hydrogen-bond acceptors (Lipinski definition) is 2. The monoisotopic (exact) mass is 365 g/mol. The molecular formula is C17H20BrNOS. The lowest BCUT2D eigenvalue weighted by Crippen LogP contribution is -2.44. The molecule has 0 aliphatic carbocycles. The lowest BCUT2D eigenvalue weighted by molar-refractivity contribution is -0.122. The molecule has 112 valence electrons. The Morgan fingerprint density at radius 2 is 2.00 bits per heavy atom. The summed E-state index contributed by atoms with van der Waals surface area (Å²) in [5.41, 5.74) is 0.759. The van der Waals surface area contributed by atoms with E-state index in [1.54, 1.807) is 11.3 Å². The van der Waals surface area contributed by atoms with Crippen LogP contribution in [-0.4, -0.2) is 11.2 Å². The van der Waals surface area contributed by atoms with E-state index in [-0.39, 0.29) is 11.4 Å². The maximum atomic E-state index is 12.2. The molecule has 1 atom stereocenters. The minimum atomic E-state index is -0.360. The van der Waals surface area contributed by atoms with Crippen LogP contribution in [0.2, 0.25) is 0 Å². The highest BCUT2D eigenvalue weighted by atomic mass is 79.9. The van der Waals surface area contributed by atoms with Gasteiger partial charge in [0.25, 0.3) is 0 Å². The second-order valence-corrected chi connectivity index (χ2v) is 6.91. The molecule has 0 aliphatic heterocycles. The van der Waals surface area contributed by atoms with E-state index in [4.69, 9.17) is 0 Å². The number of nitrogens with one attached hydrogen (secondary N) is 1. The van der Waals surface area contributed by atoms with Crippen LogP contribution in [-0.2, 0) is 16.8 Å². The average Bonchev–Trinajstić information content (AvgIpc) is 3.01. The van der Waals surface area contributed by atoms with Gasteiger partial charge in [-0.05, 0) is 36.8 Å². The molecule has 0 radical (unpaired) electrons. The topological polar surface area (TPSA) is 29.1 Å². The summed E-state index contributed by atoms with van der Waals surface area (Å²) in [6, 6.07) is 14.3. The standard InChI is InChI=1S/C17H20BrNOS/c1-17(13-18,14-7-3-2-4-8-14)19-16(20)11-5-9-15-10-6-12-21-15/h2-4,6-8,10,12H,5,9,11,13H2,1H3,(H,19,20). The second kappa shape index (κ2) is 7.76. The quantitative estimate of drug-likeness (QED) is 0.719. The highest BCUT2D eigenvalue weighted by Crippen LogP contribution is 2.23. The van der Waals surface area contributed by atoms with Crippen molar-refractivity contribution in [1.82, 2.24) is 5.32 Å². The number of carbonyl (C=O) groups is 1. The summed E-state index contributed by atoms with van der Waals surface area (Å²) in [4.78, 5) is 13.5. The van der Waals surface area contributed by atoms with Crippen LogP contribution < -0.4 is 5.32 Å². The Labute approximate surface area is 138 Å². The van der Waals surface area contributed by atoms with Crippen LogP contribution in [0.25, 0.3) is 0 Å². The molecule has 0 saturated carbocycles. The molecule has 0 bridgehead atoms. The fraction of sp³-hybridized carbons (Fsp3) is 0.353. The second-order valence-electron chi connectivity index (χ2n) is 5.31. The molecule has 0 aliphatic rings. The summed E-state index contributed by atoms with van der Waals surface area (Å²) < 4.78 is 0. The number of alkyl halides is 1. The molecule has 1 amide bonds. The fourth-order valence-corrected chi connectivity index (χ4v) is 3.45. The number of benzene rings is 1. The highest BCUT2D eigenvalue weighted by molar-refractivity contribution is 9.09. The van der Waals surface area contributed by atoms with Crippen molar-refractivity contribution in [3.05, 3.63) is 58.3 Å². The zero-order valence-corrected chi connectivity index (χ0v) is 14.5. The van der Waals surface area contributed by atoms with Crippen LogP contribution in [0.15, 0.2) is 47.8 Å². The van der Waals surface area contributed by atoms with Gasteiger partial charge < -0.3 is 5.32 Å². The number of amides is 1. The van der Waals surface area contributed by atoms with Gasteiger partial charge in [0.1, 0.15) is 0 Å². The maximum Gasteiger partial charge on any atom is 0.220 e. The predicted molar refractivity (Wildman–Crippen MR) is 93.0 cm³/mol. The molecule has 2 nitrogen and oxygen atoms in total. The summed E-state index contributed by atoms with van der Waals surface area (Å²) in [6.07, 6.45) is 2.42. The maximum absolute atomic E-state index is 12.2. The van der Waals surface area contributed by atoms with Crippen molar-refractivity contribution in [3.8, 4) is 0 Å². The largest absolute Gasteiger partial charge is 0.346 e. The summed E-state index contributed by atoms with van der Waals surface area (Å²) in [5, 5.41) is 5.93. The zero-order chi connectivity index (χ0) is 15.1. The number of rotatable bonds is 7. The van der Waals surface area contributed by atoms with Gasteiger partial charge in [-0.3, -0.25) is 4.79 Å². The molecule has 1 heterocycles. The Morgan fingerprint density at radius 3 is 2.62 bits per heavy atom. The van der Waals surface area contributed by atoms with E-state index in [2.05, 4.69) is 38.8 Å². The summed E-state index contributed by atoms with van der Waals surface area (Å²) in [7, 11) is 0. The smallest absolute Gasteiger partial charge is 0.220 e. The van der Waals surface area contributed by atoms with Crippen molar-refractivity contribution in [2.75, 3.05) is 5.33 Å². The van der Waals surface area contributed by atoms with E-state index >= 15 is 0 Å². The molecule has 1 aromatic heterocycles. The van der Waals surface area contributed by atoms with E-state index in [1.807, 2.05) is 37.3 Å². The third-order valence-corrected chi connectivity index (χ3v) is 5.56. The number of halogens is 1. The van der Waals surface area contributed by atoms with Crippen LogP contribution >= 0.6 is 27.3 Å². The number of aryl methyl sites for hydroxylation is 1. The average molecular weight is 366 g/mol. The van der Waals surface area contributed by atoms with Crippen LogP contribution in [0.5, 0.6) is 0 Å². The Kier molecular flexibility index (Phi) is 6.00. The first-order chi connectivity index (χ1) is 10.1. The molecule has 2 aromatic rings. The van der Waals surface area contributed by atoms with Gasteiger partial charge in [0, 0.05) is 16.6 Å². The number of carbonyl (C=O) groups excluding carboxylic acids is 1. The van der Waals surface area contributed by atoms with Gasteiger partial charge in [-0.2, -0.15) is 0 Å². The van der Waals surface area contributed by atoms with Gasteiger partial charge >= 0.3 is 0 Å². The molecule has 4 heteroatoms. The Hall–Kier alpha value is -1.13. The Balaban J connectivity index is 1.87. The molecule has 0 fully saturated rings. The minimum absolute atomic E-state index is 0.109. The van der Waals surface area contributed by atoms with Crippen LogP contribution in [0.1, 0.15) is 30.2 Å². The first kappa shape index (κ1) is 16.2. The SMILES string of the molecule is CC(CBr)(NC(=O)CCCc1cccs1)c1ccccc1. The van der Waals surface area contributed by atoms with Gasteiger partial charge in [-0.1, -0.05) is 52.3 Å². The van der Waals surface area contributed by atoms with Gasteiger partial charge in [0.15, 0.2) is 0 Å². The molecule has 1 N–H and O–H groups in total. The van der Waals surface area contributed by atoms with Crippen molar-refractivity contribution in [2.45, 2.75) is 31.7 Å². The van der Waals surface area contributed by atoms with E-state index in [0.717, 1.165) is 18.4 Å². The van der Waals surface area contributed by atoms with Gasteiger partial charge in [-0.15, -0.1) is 11.3 Å². The molecular weight excluding hydrogens is 346 g/mol. The van der Waals surface area contributed by atoms with Gasteiger partial charge in [0.2, 0.25) is 5.91 Å². The van der Waals surface area contributed by atoms with E-state index < -0.39 is 0 Å². The predicted octanol–water partition coefficient (Wildman–Crippen LogP) is 4.50. The van der Waals surface area contributed by atoms with Crippen molar-refractivity contribution < 1.29 is 4.79 Å². The van der Waals surface area contributed by atoms with Crippen LogP contribution in [0.4, 0.5) is 0 Å². The zero-order valence-electron chi connectivity index (χ0n) is 12.1. The van der Waals surface area contributed by atoms with Crippen LogP contribution in [0, 0.1) is 0 Å². The number of thiophene rings is 1. The Bertz CT molecular complexity index is 555. The molecule has 2 rings (SSSR count). The summed E-state index contributed by atoms with van der Waals surface area (Å²) >= 11 is 5.27. The van der Waals surface area contributed by atoms with E-state index in [1.165, 1.54) is 4.88 Å². The molecule has 0 spiro atoms. The van der Waals surface area contributed by atoms with E-state index in [9.17, 15) is 4.79 Å². The normalized spacial score (nSPS) is 13.6. The molecule has 21 heavy (non-hydrogen) atoms. The molecule has 1 unspecified atom stereocenters. The third-order valence-electron chi connectivity index (χ3n) is 3.50. The van der Waals surface area contributed by atoms with Crippen molar-refractivity contribution in [1.29, 1.82) is 0 Å². The summed E-state index contributed by atoms with van der Waals surface area (Å²) in [5.74, 6) is 0.109.